The second kappa shape index (κ2) is 11.1. The molecule has 3 amide bonds. The van der Waals surface area contributed by atoms with Gasteiger partial charge in [0.05, 0.1) is 21.3 Å². The molecule has 0 fully saturated rings. The van der Waals surface area contributed by atoms with Crippen LogP contribution in [0.1, 0.15) is 48.2 Å². The van der Waals surface area contributed by atoms with Gasteiger partial charge in [0.1, 0.15) is 0 Å². The zero-order chi connectivity index (χ0) is 25.6. The summed E-state index contributed by atoms with van der Waals surface area (Å²) in [6, 6.07) is 11.1. The largest absolute Gasteiger partial charge is 0.493 e. The van der Waals surface area contributed by atoms with Gasteiger partial charge in [-0.2, -0.15) is 0 Å². The number of hydrogen-bond donors (Lipinski definition) is 2. The van der Waals surface area contributed by atoms with Gasteiger partial charge >= 0.3 is 0 Å². The van der Waals surface area contributed by atoms with Crippen molar-refractivity contribution in [3.63, 3.8) is 0 Å². The minimum absolute atomic E-state index is 0.0127. The van der Waals surface area contributed by atoms with E-state index in [-0.39, 0.29) is 24.3 Å². The molecular weight excluding hydrogens is 450 g/mol. The fraction of sp³-hybridized carbons (Fsp3) is 0.423. The van der Waals surface area contributed by atoms with Crippen LogP contribution in [0.15, 0.2) is 36.4 Å². The molecule has 1 heterocycles. The van der Waals surface area contributed by atoms with E-state index in [1.165, 1.54) is 39.0 Å². The van der Waals surface area contributed by atoms with E-state index in [9.17, 15) is 14.4 Å². The number of hydrogen-bond acceptors (Lipinski definition) is 6. The average Bonchev–Trinajstić information content (AvgIpc) is 2.85. The molecule has 0 spiro atoms. The Hall–Kier alpha value is -3.75. The third-order valence-electron chi connectivity index (χ3n) is 5.99. The maximum Gasteiger partial charge on any atom is 0.269 e. The number of rotatable bonds is 8. The lowest BCUT2D eigenvalue weighted by atomic mass is 9.84. The minimum atomic E-state index is -0.588. The molecular formula is C26H33N3O6. The summed E-state index contributed by atoms with van der Waals surface area (Å²) < 4.78 is 15.8. The van der Waals surface area contributed by atoms with E-state index >= 15 is 0 Å². The van der Waals surface area contributed by atoms with E-state index in [1.807, 2.05) is 36.9 Å². The number of carbonyl (C=O) groups excluding carboxylic acids is 3. The SMILES string of the molecule is COc1cc(C(=O)NNC(=O)CC(C)(C)CC(=O)N2CCc3ccccc3C2)cc(OC)c1OC. The quantitative estimate of drug-likeness (QED) is 0.560. The van der Waals surface area contributed by atoms with E-state index in [4.69, 9.17) is 14.2 Å². The number of nitrogens with zero attached hydrogens (tertiary/aromatic N) is 1. The van der Waals surface area contributed by atoms with E-state index < -0.39 is 17.2 Å². The van der Waals surface area contributed by atoms with Gasteiger partial charge in [0.2, 0.25) is 17.6 Å². The fourth-order valence-corrected chi connectivity index (χ4v) is 4.18. The summed E-state index contributed by atoms with van der Waals surface area (Å²) in [4.78, 5) is 39.9. The molecule has 0 radical (unpaired) electrons. The molecule has 0 bridgehead atoms. The fourth-order valence-electron chi connectivity index (χ4n) is 4.18. The molecule has 0 unspecified atom stereocenters. The number of carbonyl (C=O) groups is 3. The van der Waals surface area contributed by atoms with Gasteiger partial charge in [0.25, 0.3) is 5.91 Å². The number of nitrogens with one attached hydrogen (secondary N) is 2. The molecule has 0 atom stereocenters. The van der Waals surface area contributed by atoms with Crippen molar-refractivity contribution < 1.29 is 28.6 Å². The number of ether oxygens (including phenoxy) is 3. The second-order valence-electron chi connectivity index (χ2n) is 9.27. The van der Waals surface area contributed by atoms with Gasteiger partial charge in [-0.1, -0.05) is 38.1 Å². The van der Waals surface area contributed by atoms with Crippen molar-refractivity contribution in [3.8, 4) is 17.2 Å². The van der Waals surface area contributed by atoms with Gasteiger partial charge in [-0.25, -0.2) is 0 Å². The number of hydrazine groups is 1. The normalized spacial score (nSPS) is 12.9. The van der Waals surface area contributed by atoms with Crippen molar-refractivity contribution in [1.29, 1.82) is 0 Å². The number of fused-ring (bicyclic) bond motifs is 1. The summed E-state index contributed by atoms with van der Waals surface area (Å²) in [6.07, 6.45) is 1.12. The molecule has 2 aromatic carbocycles. The number of methoxy groups -OCH3 is 3. The van der Waals surface area contributed by atoms with Gasteiger partial charge in [-0.3, -0.25) is 25.2 Å². The maximum atomic E-state index is 12.9. The van der Waals surface area contributed by atoms with Gasteiger partial charge in [-0.05, 0) is 35.1 Å². The zero-order valence-corrected chi connectivity index (χ0v) is 20.9. The summed E-state index contributed by atoms with van der Waals surface area (Å²) in [6.45, 7) is 4.98. The third-order valence-corrected chi connectivity index (χ3v) is 5.99. The van der Waals surface area contributed by atoms with Gasteiger partial charge < -0.3 is 19.1 Å². The van der Waals surface area contributed by atoms with Crippen LogP contribution in [0.2, 0.25) is 0 Å². The van der Waals surface area contributed by atoms with Crippen LogP contribution >= 0.6 is 0 Å². The molecule has 9 nitrogen and oxygen atoms in total. The monoisotopic (exact) mass is 483 g/mol. The van der Waals surface area contributed by atoms with Crippen LogP contribution in [0.3, 0.4) is 0 Å². The highest BCUT2D eigenvalue weighted by Crippen LogP contribution is 2.38. The first kappa shape index (κ1) is 25.9. The summed E-state index contributed by atoms with van der Waals surface area (Å²) in [5.74, 6) is 0.0793. The maximum absolute atomic E-state index is 12.9. The Balaban J connectivity index is 1.54. The first-order chi connectivity index (χ1) is 16.7. The Morgan fingerprint density at radius 3 is 2.14 bits per heavy atom. The Labute approximate surface area is 205 Å². The highest BCUT2D eigenvalue weighted by Gasteiger charge is 2.29. The van der Waals surface area contributed by atoms with Crippen LogP contribution in [0.5, 0.6) is 17.2 Å². The lowest BCUT2D eigenvalue weighted by Gasteiger charge is -2.32. The highest BCUT2D eigenvalue weighted by molar-refractivity contribution is 5.96. The predicted molar refractivity (Wildman–Crippen MR) is 130 cm³/mol. The highest BCUT2D eigenvalue weighted by atomic mass is 16.5. The molecule has 1 aliphatic heterocycles. The smallest absolute Gasteiger partial charge is 0.269 e. The Morgan fingerprint density at radius 2 is 1.54 bits per heavy atom. The molecule has 188 valence electrons. The molecule has 0 aliphatic carbocycles. The average molecular weight is 484 g/mol. The lowest BCUT2D eigenvalue weighted by molar-refractivity contribution is -0.135. The van der Waals surface area contributed by atoms with Crippen LogP contribution < -0.4 is 25.1 Å². The van der Waals surface area contributed by atoms with Gasteiger partial charge in [0, 0.05) is 31.5 Å². The summed E-state index contributed by atoms with van der Waals surface area (Å²) in [7, 11) is 4.37. The minimum Gasteiger partial charge on any atom is -0.493 e. The third kappa shape index (κ3) is 6.44. The standard InChI is InChI=1S/C26H33N3O6/c1-26(2,15-23(31)29-11-10-17-8-6-7-9-18(17)16-29)14-22(30)27-28-25(32)19-12-20(33-3)24(35-5)21(13-19)34-4/h6-9,12-13H,10-11,14-16H2,1-5H3,(H,27,30)(H,28,32). The topological polar surface area (TPSA) is 106 Å². The lowest BCUT2D eigenvalue weighted by Crippen LogP contribution is -2.44. The molecule has 35 heavy (non-hydrogen) atoms. The number of benzene rings is 2. The summed E-state index contributed by atoms with van der Waals surface area (Å²) >= 11 is 0. The van der Waals surface area contributed by atoms with Crippen LogP contribution in [-0.4, -0.2) is 50.5 Å². The van der Waals surface area contributed by atoms with Crippen molar-refractivity contribution in [3.05, 3.63) is 53.1 Å². The molecule has 0 aromatic heterocycles. The van der Waals surface area contributed by atoms with Gasteiger partial charge in [0.15, 0.2) is 11.5 Å². The van der Waals surface area contributed by atoms with Crippen LogP contribution in [-0.2, 0) is 22.6 Å². The van der Waals surface area contributed by atoms with E-state index in [2.05, 4.69) is 16.9 Å². The summed E-state index contributed by atoms with van der Waals surface area (Å²) in [5, 5.41) is 0. The molecule has 3 rings (SSSR count). The molecule has 2 N–H and O–H groups in total. The Morgan fingerprint density at radius 1 is 0.914 bits per heavy atom. The first-order valence-electron chi connectivity index (χ1n) is 11.4. The molecule has 0 saturated carbocycles. The Bertz CT molecular complexity index is 1070. The van der Waals surface area contributed by atoms with Crippen molar-refractivity contribution in [2.75, 3.05) is 27.9 Å². The molecule has 0 saturated heterocycles. The zero-order valence-electron chi connectivity index (χ0n) is 20.9. The second-order valence-corrected chi connectivity index (χ2v) is 9.27. The van der Waals surface area contributed by atoms with E-state index in [0.717, 1.165) is 12.0 Å². The summed E-state index contributed by atoms with van der Waals surface area (Å²) in [5.41, 5.74) is 6.91. The van der Waals surface area contributed by atoms with Gasteiger partial charge in [-0.15, -0.1) is 0 Å². The molecule has 1 aliphatic rings. The van der Waals surface area contributed by atoms with Crippen molar-refractivity contribution in [2.45, 2.75) is 39.7 Å². The molecule has 2 aromatic rings. The van der Waals surface area contributed by atoms with Crippen molar-refractivity contribution in [1.82, 2.24) is 15.8 Å². The number of amides is 3. The predicted octanol–water partition coefficient (Wildman–Crippen LogP) is 2.86. The van der Waals surface area contributed by atoms with Crippen molar-refractivity contribution in [2.24, 2.45) is 5.41 Å². The van der Waals surface area contributed by atoms with E-state index in [1.54, 1.807) is 0 Å². The van der Waals surface area contributed by atoms with E-state index in [0.29, 0.717) is 30.3 Å². The van der Waals surface area contributed by atoms with Crippen molar-refractivity contribution >= 4 is 17.7 Å². The first-order valence-corrected chi connectivity index (χ1v) is 11.4. The molecule has 9 heteroatoms. The van der Waals surface area contributed by atoms with Crippen LogP contribution in [0, 0.1) is 5.41 Å². The van der Waals surface area contributed by atoms with Crippen LogP contribution in [0.25, 0.3) is 0 Å². The Kier molecular flexibility index (Phi) is 8.22. The van der Waals surface area contributed by atoms with Crippen LogP contribution in [0.4, 0.5) is 0 Å².